The van der Waals surface area contributed by atoms with E-state index < -0.39 is 0 Å². The van der Waals surface area contributed by atoms with Gasteiger partial charge in [0, 0.05) is 50.2 Å². The van der Waals surface area contributed by atoms with Gasteiger partial charge in [0.15, 0.2) is 0 Å². The van der Waals surface area contributed by atoms with Gasteiger partial charge in [-0.2, -0.15) is 0 Å². The van der Waals surface area contributed by atoms with Gasteiger partial charge in [0.25, 0.3) is 5.56 Å². The van der Waals surface area contributed by atoms with Crippen LogP contribution in [0.25, 0.3) is 10.9 Å². The third-order valence-electron chi connectivity index (χ3n) is 4.80. The Morgan fingerprint density at radius 3 is 2.54 bits per heavy atom. The van der Waals surface area contributed by atoms with E-state index in [0.29, 0.717) is 6.42 Å². The average Bonchev–Trinajstić information content (AvgIpc) is 2.61. The summed E-state index contributed by atoms with van der Waals surface area (Å²) >= 11 is 0. The highest BCUT2D eigenvalue weighted by Gasteiger charge is 2.19. The molecule has 24 heavy (non-hydrogen) atoms. The van der Waals surface area contributed by atoms with Crippen LogP contribution in [0.15, 0.2) is 29.1 Å². The first-order chi connectivity index (χ1) is 11.6. The summed E-state index contributed by atoms with van der Waals surface area (Å²) < 4.78 is 0. The summed E-state index contributed by atoms with van der Waals surface area (Å²) in [7, 11) is 0. The third kappa shape index (κ3) is 3.51. The minimum atomic E-state index is 0.00819. The SMILES string of the molecule is CCC(=O)N1CCN(Cc2ccc3cc(CC)c(=O)[nH]c3c2)CC1. The molecule has 1 amide bonds. The third-order valence-corrected chi connectivity index (χ3v) is 4.80. The number of H-pyrrole nitrogens is 1. The molecule has 0 atom stereocenters. The number of aryl methyl sites for hydroxylation is 1. The van der Waals surface area contributed by atoms with E-state index in [1.807, 2.05) is 24.8 Å². The molecule has 1 saturated heterocycles. The molecule has 0 bridgehead atoms. The fourth-order valence-electron chi connectivity index (χ4n) is 3.29. The van der Waals surface area contributed by atoms with Crippen molar-refractivity contribution in [2.45, 2.75) is 33.2 Å². The summed E-state index contributed by atoms with van der Waals surface area (Å²) in [5.74, 6) is 0.240. The summed E-state index contributed by atoms with van der Waals surface area (Å²) in [4.78, 5) is 31.0. The summed E-state index contributed by atoms with van der Waals surface area (Å²) in [6, 6.07) is 8.26. The fourth-order valence-corrected chi connectivity index (χ4v) is 3.29. The van der Waals surface area contributed by atoms with Crippen molar-refractivity contribution in [2.24, 2.45) is 0 Å². The molecule has 128 valence electrons. The molecule has 2 aromatic rings. The minimum Gasteiger partial charge on any atom is -0.340 e. The Morgan fingerprint density at radius 1 is 1.12 bits per heavy atom. The normalized spacial score (nSPS) is 15.8. The molecule has 3 rings (SSSR count). The van der Waals surface area contributed by atoms with Crippen LogP contribution in [0.1, 0.15) is 31.4 Å². The molecule has 5 heteroatoms. The number of benzene rings is 1. The molecule has 1 aromatic heterocycles. The summed E-state index contributed by atoms with van der Waals surface area (Å²) in [6.07, 6.45) is 1.32. The standard InChI is InChI=1S/C19H25N3O2/c1-3-15-12-16-6-5-14(11-17(16)20-19(15)24)13-21-7-9-22(10-8-21)18(23)4-2/h5-6,11-12H,3-4,7-10,13H2,1-2H3,(H,20,24). The number of pyridine rings is 1. The van der Waals surface area contributed by atoms with E-state index in [2.05, 4.69) is 28.1 Å². The van der Waals surface area contributed by atoms with Crippen LogP contribution in [-0.4, -0.2) is 46.9 Å². The van der Waals surface area contributed by atoms with Crippen molar-refractivity contribution >= 4 is 16.8 Å². The smallest absolute Gasteiger partial charge is 0.251 e. The number of nitrogens with one attached hydrogen (secondary N) is 1. The summed E-state index contributed by atoms with van der Waals surface area (Å²) in [5, 5.41) is 1.08. The number of carbonyl (C=O) groups excluding carboxylic acids is 1. The van der Waals surface area contributed by atoms with Gasteiger partial charge >= 0.3 is 0 Å². The van der Waals surface area contributed by atoms with Gasteiger partial charge in [-0.05, 0) is 29.5 Å². The van der Waals surface area contributed by atoms with Gasteiger partial charge in [0.2, 0.25) is 5.91 Å². The summed E-state index contributed by atoms with van der Waals surface area (Å²) in [5.41, 5.74) is 2.92. The van der Waals surface area contributed by atoms with Gasteiger partial charge in [-0.1, -0.05) is 26.0 Å². The van der Waals surface area contributed by atoms with Crippen LogP contribution in [0.3, 0.4) is 0 Å². The first-order valence-electron chi connectivity index (χ1n) is 8.75. The van der Waals surface area contributed by atoms with Crippen molar-refractivity contribution in [3.8, 4) is 0 Å². The fraction of sp³-hybridized carbons (Fsp3) is 0.474. The number of nitrogens with zero attached hydrogens (tertiary/aromatic N) is 2. The number of piperazine rings is 1. The van der Waals surface area contributed by atoms with Crippen LogP contribution in [0.5, 0.6) is 0 Å². The van der Waals surface area contributed by atoms with Crippen LogP contribution in [0, 0.1) is 0 Å². The second-order valence-corrected chi connectivity index (χ2v) is 6.41. The van der Waals surface area contributed by atoms with Gasteiger partial charge in [0.05, 0.1) is 0 Å². The molecule has 0 aliphatic carbocycles. The number of hydrogen-bond donors (Lipinski definition) is 1. The lowest BCUT2D eigenvalue weighted by molar-refractivity contribution is -0.132. The molecule has 2 heterocycles. The first kappa shape index (κ1) is 16.7. The van der Waals surface area contributed by atoms with Gasteiger partial charge < -0.3 is 9.88 Å². The Kier molecular flexibility index (Phi) is 5.00. The zero-order valence-electron chi connectivity index (χ0n) is 14.5. The average molecular weight is 327 g/mol. The topological polar surface area (TPSA) is 56.4 Å². The quantitative estimate of drug-likeness (QED) is 0.936. The second-order valence-electron chi connectivity index (χ2n) is 6.41. The molecule has 0 unspecified atom stereocenters. The maximum Gasteiger partial charge on any atom is 0.251 e. The second kappa shape index (κ2) is 7.18. The Hall–Kier alpha value is -2.14. The van der Waals surface area contributed by atoms with E-state index >= 15 is 0 Å². The molecule has 1 aliphatic rings. The molecule has 1 aromatic carbocycles. The van der Waals surface area contributed by atoms with Crippen LogP contribution >= 0.6 is 0 Å². The largest absolute Gasteiger partial charge is 0.340 e. The van der Waals surface area contributed by atoms with E-state index in [0.717, 1.165) is 55.6 Å². The molecule has 1 aliphatic heterocycles. The van der Waals surface area contributed by atoms with Crippen LogP contribution in [0.2, 0.25) is 0 Å². The molecule has 5 nitrogen and oxygen atoms in total. The minimum absolute atomic E-state index is 0.00819. The number of amides is 1. The molecule has 0 radical (unpaired) electrons. The Labute approximate surface area is 142 Å². The molecule has 1 fully saturated rings. The molecular formula is C19H25N3O2. The number of rotatable bonds is 4. The Balaban J connectivity index is 1.70. The highest BCUT2D eigenvalue weighted by Crippen LogP contribution is 2.16. The van der Waals surface area contributed by atoms with E-state index in [9.17, 15) is 9.59 Å². The maximum atomic E-state index is 12.0. The lowest BCUT2D eigenvalue weighted by Crippen LogP contribution is -2.48. The van der Waals surface area contributed by atoms with Crippen LogP contribution < -0.4 is 5.56 Å². The number of carbonyl (C=O) groups is 1. The Bertz CT molecular complexity index is 789. The monoisotopic (exact) mass is 327 g/mol. The van der Waals surface area contributed by atoms with Crippen molar-refractivity contribution in [3.05, 3.63) is 45.7 Å². The predicted octanol–water partition coefficient (Wildman–Crippen LogP) is 2.14. The van der Waals surface area contributed by atoms with E-state index in [1.165, 1.54) is 5.56 Å². The van der Waals surface area contributed by atoms with Gasteiger partial charge in [-0.3, -0.25) is 14.5 Å². The lowest BCUT2D eigenvalue weighted by Gasteiger charge is -2.34. The van der Waals surface area contributed by atoms with Crippen molar-refractivity contribution in [1.82, 2.24) is 14.8 Å². The molecule has 1 N–H and O–H groups in total. The predicted molar refractivity (Wildman–Crippen MR) is 96.1 cm³/mol. The zero-order valence-corrected chi connectivity index (χ0v) is 14.5. The summed E-state index contributed by atoms with van der Waals surface area (Å²) in [6.45, 7) is 8.15. The van der Waals surface area contributed by atoms with Crippen molar-refractivity contribution in [3.63, 3.8) is 0 Å². The first-order valence-corrected chi connectivity index (χ1v) is 8.75. The zero-order chi connectivity index (χ0) is 17.1. The van der Waals surface area contributed by atoms with Gasteiger partial charge in [-0.15, -0.1) is 0 Å². The molecule has 0 spiro atoms. The maximum absolute atomic E-state index is 12.0. The number of hydrogen-bond acceptors (Lipinski definition) is 3. The highest BCUT2D eigenvalue weighted by atomic mass is 16.2. The van der Waals surface area contributed by atoms with Gasteiger partial charge in [-0.25, -0.2) is 0 Å². The van der Waals surface area contributed by atoms with Gasteiger partial charge in [0.1, 0.15) is 0 Å². The lowest BCUT2D eigenvalue weighted by atomic mass is 10.1. The van der Waals surface area contributed by atoms with Crippen molar-refractivity contribution in [2.75, 3.05) is 26.2 Å². The van der Waals surface area contributed by atoms with Crippen LogP contribution in [0.4, 0.5) is 0 Å². The van der Waals surface area contributed by atoms with Crippen LogP contribution in [-0.2, 0) is 17.8 Å². The van der Waals surface area contributed by atoms with E-state index in [1.54, 1.807) is 0 Å². The van der Waals surface area contributed by atoms with Crippen molar-refractivity contribution in [1.29, 1.82) is 0 Å². The Morgan fingerprint density at radius 2 is 1.88 bits per heavy atom. The number of aromatic amines is 1. The van der Waals surface area contributed by atoms with Crippen molar-refractivity contribution < 1.29 is 4.79 Å². The van der Waals surface area contributed by atoms with E-state index in [4.69, 9.17) is 0 Å². The highest BCUT2D eigenvalue weighted by molar-refractivity contribution is 5.79. The number of aromatic nitrogens is 1. The molecular weight excluding hydrogens is 302 g/mol. The van der Waals surface area contributed by atoms with E-state index in [-0.39, 0.29) is 11.5 Å². The molecule has 0 saturated carbocycles. The number of fused-ring (bicyclic) bond motifs is 1.